The number of rotatable bonds is 10. The summed E-state index contributed by atoms with van der Waals surface area (Å²) in [5, 5.41) is 5.26. The monoisotopic (exact) mass is 477 g/mol. The number of halogens is 1. The third-order valence-corrected chi connectivity index (χ3v) is 5.27. The molecule has 0 saturated carbocycles. The zero-order valence-corrected chi connectivity index (χ0v) is 19.7. The molecule has 0 atom stereocenters. The Labute approximate surface area is 203 Å². The predicted molar refractivity (Wildman–Crippen MR) is 131 cm³/mol. The maximum absolute atomic E-state index is 13.3. The number of hydrogen-bond donors (Lipinski definition) is 2. The first-order chi connectivity index (χ1) is 16.8. The fraction of sp³-hybridized carbons (Fsp3) is 0.222. The molecule has 2 N–H and O–H groups in total. The lowest BCUT2D eigenvalue weighted by atomic mass is 10.1. The summed E-state index contributed by atoms with van der Waals surface area (Å²) in [6.45, 7) is 1.59. The van der Waals surface area contributed by atoms with Crippen molar-refractivity contribution in [2.45, 2.75) is 19.9 Å². The summed E-state index contributed by atoms with van der Waals surface area (Å²) in [5.74, 6) is -0.848. The van der Waals surface area contributed by atoms with Crippen molar-refractivity contribution in [2.75, 3.05) is 25.5 Å². The van der Waals surface area contributed by atoms with Gasteiger partial charge >= 0.3 is 0 Å². The molecule has 0 aromatic heterocycles. The number of carbonyl (C=O) groups excluding carboxylic acids is 3. The Morgan fingerprint density at radius 2 is 1.49 bits per heavy atom. The van der Waals surface area contributed by atoms with Crippen LogP contribution in [0.5, 0.6) is 5.75 Å². The van der Waals surface area contributed by atoms with E-state index in [4.69, 9.17) is 4.74 Å². The predicted octanol–water partition coefficient (Wildman–Crippen LogP) is 3.47. The third-order valence-electron chi connectivity index (χ3n) is 5.27. The van der Waals surface area contributed by atoms with Crippen molar-refractivity contribution in [1.29, 1.82) is 0 Å². The Bertz CT molecular complexity index is 1150. The topological polar surface area (TPSA) is 87.7 Å². The number of carbonyl (C=O) groups is 3. The molecule has 0 saturated heterocycles. The average molecular weight is 478 g/mol. The molecule has 8 heteroatoms. The molecular weight excluding hydrogens is 449 g/mol. The average Bonchev–Trinajstić information content (AvgIpc) is 2.85. The van der Waals surface area contributed by atoms with Gasteiger partial charge in [0.25, 0.3) is 0 Å². The van der Waals surface area contributed by atoms with Gasteiger partial charge in [-0.05, 0) is 54.4 Å². The minimum Gasteiger partial charge on any atom is -0.497 e. The molecular formula is C27H28FN3O4. The van der Waals surface area contributed by atoms with Crippen LogP contribution in [-0.2, 0) is 27.3 Å². The number of hydrogen-bond acceptors (Lipinski definition) is 4. The van der Waals surface area contributed by atoms with Crippen LogP contribution in [0.1, 0.15) is 16.7 Å². The Kier molecular flexibility index (Phi) is 8.95. The van der Waals surface area contributed by atoms with Crippen LogP contribution in [0.2, 0.25) is 0 Å². The van der Waals surface area contributed by atoms with Gasteiger partial charge in [0.15, 0.2) is 0 Å². The van der Waals surface area contributed by atoms with Crippen molar-refractivity contribution in [2.24, 2.45) is 0 Å². The largest absolute Gasteiger partial charge is 0.497 e. The molecule has 7 nitrogen and oxygen atoms in total. The third kappa shape index (κ3) is 8.26. The van der Waals surface area contributed by atoms with Crippen molar-refractivity contribution < 1.29 is 23.5 Å². The maximum atomic E-state index is 13.3. The van der Waals surface area contributed by atoms with Gasteiger partial charge in [-0.25, -0.2) is 4.39 Å². The highest BCUT2D eigenvalue weighted by molar-refractivity contribution is 5.95. The van der Waals surface area contributed by atoms with E-state index in [1.165, 1.54) is 17.0 Å². The first-order valence-corrected chi connectivity index (χ1v) is 11.1. The summed E-state index contributed by atoms with van der Waals surface area (Å²) in [6, 6.07) is 20.1. The lowest BCUT2D eigenvalue weighted by molar-refractivity contribution is -0.136. The molecule has 0 radical (unpaired) electrons. The van der Waals surface area contributed by atoms with E-state index in [2.05, 4.69) is 10.6 Å². The molecule has 0 bridgehead atoms. The zero-order valence-electron chi connectivity index (χ0n) is 19.7. The molecule has 0 unspecified atom stereocenters. The van der Waals surface area contributed by atoms with Crippen LogP contribution in [0.3, 0.4) is 0 Å². The van der Waals surface area contributed by atoms with Gasteiger partial charge in [-0.2, -0.15) is 0 Å². The van der Waals surface area contributed by atoms with Crippen LogP contribution in [0, 0.1) is 12.7 Å². The van der Waals surface area contributed by atoms with E-state index in [0.29, 0.717) is 17.0 Å². The number of nitrogens with zero attached hydrogens (tertiary/aromatic N) is 1. The van der Waals surface area contributed by atoms with Crippen molar-refractivity contribution in [3.05, 3.63) is 95.3 Å². The lowest BCUT2D eigenvalue weighted by Crippen LogP contribution is -2.43. The summed E-state index contributed by atoms with van der Waals surface area (Å²) in [7, 11) is 1.56. The first-order valence-electron chi connectivity index (χ1n) is 11.1. The number of anilines is 1. The summed E-state index contributed by atoms with van der Waals surface area (Å²) in [4.78, 5) is 39.2. The van der Waals surface area contributed by atoms with Crippen molar-refractivity contribution in [3.63, 3.8) is 0 Å². The second-order valence-corrected chi connectivity index (χ2v) is 8.09. The Balaban J connectivity index is 1.61. The summed E-state index contributed by atoms with van der Waals surface area (Å²) < 4.78 is 18.4. The van der Waals surface area contributed by atoms with Gasteiger partial charge in [0.2, 0.25) is 17.7 Å². The van der Waals surface area contributed by atoms with E-state index in [1.807, 2.05) is 19.1 Å². The van der Waals surface area contributed by atoms with E-state index < -0.39 is 5.91 Å². The second kappa shape index (κ2) is 12.3. The van der Waals surface area contributed by atoms with Gasteiger partial charge in [0.05, 0.1) is 26.6 Å². The summed E-state index contributed by atoms with van der Waals surface area (Å²) in [5.41, 5.74) is 3.14. The molecule has 3 aromatic rings. The number of ether oxygens (including phenoxy) is 1. The van der Waals surface area contributed by atoms with Crippen LogP contribution < -0.4 is 15.4 Å². The van der Waals surface area contributed by atoms with Gasteiger partial charge in [0.1, 0.15) is 11.6 Å². The van der Waals surface area contributed by atoms with E-state index in [-0.39, 0.29) is 43.7 Å². The molecule has 3 amide bonds. The minimum absolute atomic E-state index is 0.0758. The quantitative estimate of drug-likeness (QED) is 0.468. The van der Waals surface area contributed by atoms with Gasteiger partial charge in [-0.1, -0.05) is 42.0 Å². The van der Waals surface area contributed by atoms with Gasteiger partial charge in [0, 0.05) is 12.2 Å². The van der Waals surface area contributed by atoms with E-state index in [9.17, 15) is 18.8 Å². The van der Waals surface area contributed by atoms with Crippen LogP contribution in [0.15, 0.2) is 72.8 Å². The van der Waals surface area contributed by atoms with Gasteiger partial charge in [-0.15, -0.1) is 0 Å². The van der Waals surface area contributed by atoms with Gasteiger partial charge in [-0.3, -0.25) is 14.4 Å². The van der Waals surface area contributed by atoms with Crippen LogP contribution in [-0.4, -0.2) is 42.8 Å². The summed E-state index contributed by atoms with van der Waals surface area (Å²) >= 11 is 0. The molecule has 0 aliphatic heterocycles. The number of methoxy groups -OCH3 is 1. The van der Waals surface area contributed by atoms with E-state index in [1.54, 1.807) is 55.6 Å². The normalized spacial score (nSPS) is 10.4. The fourth-order valence-corrected chi connectivity index (χ4v) is 3.32. The standard InChI is InChI=1S/C27H28FN3O4/c1-19-3-11-23(12-4-19)30-25(32)16-29-26(33)18-31(17-21-5-9-22(28)10-6-21)27(34)15-20-7-13-24(35-2)14-8-20/h3-14H,15-18H2,1-2H3,(H,29,33)(H,30,32). The fourth-order valence-electron chi connectivity index (χ4n) is 3.32. The van der Waals surface area contributed by atoms with Crippen molar-refractivity contribution in [1.82, 2.24) is 10.2 Å². The van der Waals surface area contributed by atoms with Crippen LogP contribution in [0.4, 0.5) is 10.1 Å². The maximum Gasteiger partial charge on any atom is 0.243 e. The molecule has 0 aliphatic carbocycles. The molecule has 182 valence electrons. The highest BCUT2D eigenvalue weighted by Crippen LogP contribution is 2.14. The number of amides is 3. The Morgan fingerprint density at radius 3 is 2.11 bits per heavy atom. The molecule has 0 aliphatic rings. The first kappa shape index (κ1) is 25.4. The molecule has 0 heterocycles. The second-order valence-electron chi connectivity index (χ2n) is 8.09. The highest BCUT2D eigenvalue weighted by Gasteiger charge is 2.19. The Morgan fingerprint density at radius 1 is 0.857 bits per heavy atom. The minimum atomic E-state index is -0.478. The van der Waals surface area contributed by atoms with Crippen LogP contribution in [0.25, 0.3) is 0 Å². The smallest absolute Gasteiger partial charge is 0.243 e. The van der Waals surface area contributed by atoms with E-state index >= 15 is 0 Å². The summed E-state index contributed by atoms with van der Waals surface area (Å²) in [6.07, 6.45) is 0.0758. The lowest BCUT2D eigenvalue weighted by Gasteiger charge is -2.22. The van der Waals surface area contributed by atoms with Gasteiger partial charge < -0.3 is 20.3 Å². The Hall–Kier alpha value is -4.20. The van der Waals surface area contributed by atoms with Crippen molar-refractivity contribution in [3.8, 4) is 5.75 Å². The SMILES string of the molecule is COc1ccc(CC(=O)N(CC(=O)NCC(=O)Nc2ccc(C)cc2)Cc2ccc(F)cc2)cc1. The van der Waals surface area contributed by atoms with E-state index in [0.717, 1.165) is 11.1 Å². The molecule has 35 heavy (non-hydrogen) atoms. The molecule has 3 aromatic carbocycles. The van der Waals surface area contributed by atoms with Crippen molar-refractivity contribution >= 4 is 23.4 Å². The molecule has 0 fully saturated rings. The van der Waals surface area contributed by atoms with Crippen LogP contribution >= 0.6 is 0 Å². The number of benzene rings is 3. The zero-order chi connectivity index (χ0) is 25.2. The number of nitrogens with one attached hydrogen (secondary N) is 2. The molecule has 3 rings (SSSR count). The number of aryl methyl sites for hydroxylation is 1. The highest BCUT2D eigenvalue weighted by atomic mass is 19.1. The molecule has 0 spiro atoms.